The summed E-state index contributed by atoms with van der Waals surface area (Å²) in [5.74, 6) is -0.0387. The first kappa shape index (κ1) is 14.8. The molecular weight excluding hydrogens is 244 g/mol. The van der Waals surface area contributed by atoms with E-state index in [0.717, 1.165) is 12.0 Å². The van der Waals surface area contributed by atoms with Gasteiger partial charge in [0.05, 0.1) is 0 Å². The van der Waals surface area contributed by atoms with Crippen LogP contribution in [0.2, 0.25) is 0 Å². The van der Waals surface area contributed by atoms with E-state index >= 15 is 0 Å². The zero-order valence-corrected chi connectivity index (χ0v) is 10.9. The van der Waals surface area contributed by atoms with E-state index in [1.807, 2.05) is 12.1 Å². The lowest BCUT2D eigenvalue weighted by Crippen LogP contribution is -2.22. The minimum Gasteiger partial charge on any atom is -0.445 e. The van der Waals surface area contributed by atoms with E-state index in [1.54, 1.807) is 12.1 Å². The van der Waals surface area contributed by atoms with Crippen LogP contribution in [-0.2, 0) is 16.0 Å². The average molecular weight is 262 g/mol. The molecule has 0 radical (unpaired) electrons. The van der Waals surface area contributed by atoms with E-state index in [0.29, 0.717) is 12.2 Å². The van der Waals surface area contributed by atoms with Gasteiger partial charge in [-0.15, -0.1) is 0 Å². The monoisotopic (exact) mass is 262 g/mol. The maximum atomic E-state index is 11.3. The first-order chi connectivity index (χ1) is 9.11. The summed E-state index contributed by atoms with van der Waals surface area (Å²) in [6, 6.07) is 7.37. The number of benzene rings is 1. The fraction of sp³-hybridized carbons (Fsp3) is 0.286. The largest absolute Gasteiger partial charge is 0.445 e. The van der Waals surface area contributed by atoms with E-state index in [1.165, 1.54) is 13.0 Å². The van der Waals surface area contributed by atoms with Gasteiger partial charge in [0.1, 0.15) is 6.61 Å². The first-order valence-electron chi connectivity index (χ1n) is 6.00. The highest BCUT2D eigenvalue weighted by Gasteiger charge is 2.02. The minimum absolute atomic E-state index is 0.0387. The standard InChI is InChI=1S/C14H18N2O3/c1-3-10-19-14(18)16-13-6-4-12(5-7-13)8-9-15-11(2)17/h3-7H,1,8-10H2,2H3,(H,15,17)(H,16,18). The molecule has 1 aromatic carbocycles. The van der Waals surface area contributed by atoms with Crippen molar-refractivity contribution in [3.05, 3.63) is 42.5 Å². The molecule has 0 aromatic heterocycles. The van der Waals surface area contributed by atoms with Crippen molar-refractivity contribution in [1.82, 2.24) is 5.32 Å². The number of carbonyl (C=O) groups excluding carboxylic acids is 2. The summed E-state index contributed by atoms with van der Waals surface area (Å²) in [6.07, 6.45) is 1.75. The lowest BCUT2D eigenvalue weighted by atomic mass is 10.1. The second kappa shape index (κ2) is 7.92. The van der Waals surface area contributed by atoms with Crippen LogP contribution < -0.4 is 10.6 Å². The van der Waals surface area contributed by atoms with Gasteiger partial charge in [0.15, 0.2) is 0 Å². The summed E-state index contributed by atoms with van der Waals surface area (Å²) in [6.45, 7) is 5.73. The number of hydrogen-bond donors (Lipinski definition) is 2. The Hall–Kier alpha value is -2.30. The molecule has 0 aliphatic carbocycles. The van der Waals surface area contributed by atoms with Gasteiger partial charge in [0, 0.05) is 19.2 Å². The molecule has 0 atom stereocenters. The predicted octanol–water partition coefficient (Wildman–Crippen LogP) is 2.10. The van der Waals surface area contributed by atoms with Gasteiger partial charge in [0.25, 0.3) is 0 Å². The van der Waals surface area contributed by atoms with Crippen LogP contribution in [-0.4, -0.2) is 25.2 Å². The Kier molecular flexibility index (Phi) is 6.15. The quantitative estimate of drug-likeness (QED) is 0.771. The van der Waals surface area contributed by atoms with E-state index in [4.69, 9.17) is 4.74 Å². The molecule has 0 saturated carbocycles. The van der Waals surface area contributed by atoms with Crippen LogP contribution in [0.5, 0.6) is 0 Å². The molecule has 19 heavy (non-hydrogen) atoms. The summed E-state index contributed by atoms with van der Waals surface area (Å²) in [7, 11) is 0. The average Bonchev–Trinajstić information content (AvgIpc) is 2.38. The zero-order chi connectivity index (χ0) is 14.1. The third kappa shape index (κ3) is 6.26. The molecule has 0 fully saturated rings. The molecule has 5 nitrogen and oxygen atoms in total. The summed E-state index contributed by atoms with van der Waals surface area (Å²) in [4.78, 5) is 22.0. The number of hydrogen-bond acceptors (Lipinski definition) is 3. The molecule has 0 saturated heterocycles. The van der Waals surface area contributed by atoms with Crippen LogP contribution in [0.15, 0.2) is 36.9 Å². The predicted molar refractivity (Wildman–Crippen MR) is 74.0 cm³/mol. The highest BCUT2D eigenvalue weighted by Crippen LogP contribution is 2.10. The number of anilines is 1. The zero-order valence-electron chi connectivity index (χ0n) is 10.9. The Bertz CT molecular complexity index is 441. The van der Waals surface area contributed by atoms with Crippen LogP contribution in [0.25, 0.3) is 0 Å². The molecule has 0 aliphatic heterocycles. The second-order valence-corrected chi connectivity index (χ2v) is 3.94. The third-order valence-corrected chi connectivity index (χ3v) is 2.32. The summed E-state index contributed by atoms with van der Waals surface area (Å²) in [5, 5.41) is 5.33. The van der Waals surface area contributed by atoms with Crippen molar-refractivity contribution >= 4 is 17.7 Å². The van der Waals surface area contributed by atoms with Crippen molar-refractivity contribution in [3.63, 3.8) is 0 Å². The van der Waals surface area contributed by atoms with Gasteiger partial charge in [-0.05, 0) is 24.1 Å². The molecule has 2 N–H and O–H groups in total. The number of carbonyl (C=O) groups is 2. The summed E-state index contributed by atoms with van der Waals surface area (Å²) < 4.78 is 4.80. The molecule has 0 spiro atoms. The first-order valence-corrected chi connectivity index (χ1v) is 6.00. The Morgan fingerprint density at radius 3 is 2.58 bits per heavy atom. The van der Waals surface area contributed by atoms with E-state index in [9.17, 15) is 9.59 Å². The van der Waals surface area contributed by atoms with Crippen molar-refractivity contribution in [2.24, 2.45) is 0 Å². The SMILES string of the molecule is C=CCOC(=O)Nc1ccc(CCNC(C)=O)cc1. The fourth-order valence-electron chi connectivity index (χ4n) is 1.43. The molecule has 2 amide bonds. The lowest BCUT2D eigenvalue weighted by molar-refractivity contribution is -0.118. The highest BCUT2D eigenvalue weighted by molar-refractivity contribution is 5.84. The molecular formula is C14H18N2O3. The van der Waals surface area contributed by atoms with Gasteiger partial charge < -0.3 is 10.1 Å². The van der Waals surface area contributed by atoms with Crippen molar-refractivity contribution < 1.29 is 14.3 Å². The molecule has 5 heteroatoms. The van der Waals surface area contributed by atoms with E-state index < -0.39 is 6.09 Å². The van der Waals surface area contributed by atoms with Crippen LogP contribution in [0.4, 0.5) is 10.5 Å². The third-order valence-electron chi connectivity index (χ3n) is 2.32. The molecule has 1 rings (SSSR count). The molecule has 0 aliphatic rings. The van der Waals surface area contributed by atoms with Gasteiger partial charge in [-0.2, -0.15) is 0 Å². The number of ether oxygens (including phenoxy) is 1. The molecule has 0 bridgehead atoms. The fourth-order valence-corrected chi connectivity index (χ4v) is 1.43. The van der Waals surface area contributed by atoms with Gasteiger partial charge in [-0.1, -0.05) is 24.8 Å². The maximum Gasteiger partial charge on any atom is 0.411 e. The van der Waals surface area contributed by atoms with Crippen LogP contribution in [0.1, 0.15) is 12.5 Å². The van der Waals surface area contributed by atoms with Crippen LogP contribution in [0.3, 0.4) is 0 Å². The molecule has 102 valence electrons. The van der Waals surface area contributed by atoms with E-state index in [2.05, 4.69) is 17.2 Å². The summed E-state index contributed by atoms with van der Waals surface area (Å²) in [5.41, 5.74) is 1.75. The molecule has 1 aromatic rings. The van der Waals surface area contributed by atoms with Crippen molar-refractivity contribution in [2.45, 2.75) is 13.3 Å². The number of amides is 2. The van der Waals surface area contributed by atoms with Gasteiger partial charge in [-0.3, -0.25) is 10.1 Å². The van der Waals surface area contributed by atoms with Crippen molar-refractivity contribution in [1.29, 1.82) is 0 Å². The topological polar surface area (TPSA) is 67.4 Å². The Labute approximate surface area is 112 Å². The van der Waals surface area contributed by atoms with Gasteiger partial charge in [0.2, 0.25) is 5.91 Å². The summed E-state index contributed by atoms with van der Waals surface area (Å²) >= 11 is 0. The smallest absolute Gasteiger partial charge is 0.411 e. The van der Waals surface area contributed by atoms with Crippen molar-refractivity contribution in [2.75, 3.05) is 18.5 Å². The Balaban J connectivity index is 2.40. The Morgan fingerprint density at radius 2 is 2.00 bits per heavy atom. The minimum atomic E-state index is -0.508. The van der Waals surface area contributed by atoms with Crippen LogP contribution in [0, 0.1) is 0 Å². The van der Waals surface area contributed by atoms with E-state index in [-0.39, 0.29) is 12.5 Å². The normalized spacial score (nSPS) is 9.53. The van der Waals surface area contributed by atoms with Crippen molar-refractivity contribution in [3.8, 4) is 0 Å². The Morgan fingerprint density at radius 1 is 1.32 bits per heavy atom. The lowest BCUT2D eigenvalue weighted by Gasteiger charge is -2.07. The number of rotatable bonds is 6. The highest BCUT2D eigenvalue weighted by atomic mass is 16.5. The van der Waals surface area contributed by atoms with Gasteiger partial charge >= 0.3 is 6.09 Å². The maximum absolute atomic E-state index is 11.3. The molecule has 0 unspecified atom stereocenters. The van der Waals surface area contributed by atoms with Crippen LogP contribution >= 0.6 is 0 Å². The number of nitrogens with one attached hydrogen (secondary N) is 2. The molecule has 0 heterocycles. The van der Waals surface area contributed by atoms with Gasteiger partial charge in [-0.25, -0.2) is 4.79 Å². The second-order valence-electron chi connectivity index (χ2n) is 3.94.